The van der Waals surface area contributed by atoms with Gasteiger partial charge in [-0.25, -0.2) is 0 Å². The predicted octanol–water partition coefficient (Wildman–Crippen LogP) is 4.93. The third kappa shape index (κ3) is 4.22. The van der Waals surface area contributed by atoms with Gasteiger partial charge in [0.2, 0.25) is 0 Å². The molecule has 2 aliphatic heterocycles. The van der Waals surface area contributed by atoms with E-state index in [0.29, 0.717) is 6.42 Å². The van der Waals surface area contributed by atoms with Gasteiger partial charge in [0.1, 0.15) is 17.0 Å². The molecule has 0 aromatic heterocycles. The number of aliphatic hydroxyl groups is 1. The van der Waals surface area contributed by atoms with Gasteiger partial charge >= 0.3 is 0 Å². The zero-order valence-corrected chi connectivity index (χ0v) is 17.8. The molecule has 28 heavy (non-hydrogen) atoms. The molecule has 2 aromatic rings. The monoisotopic (exact) mass is 401 g/mol. The summed E-state index contributed by atoms with van der Waals surface area (Å²) in [6.45, 7) is 7.42. The molecule has 1 fully saturated rings. The Bertz CT molecular complexity index is 786. The van der Waals surface area contributed by atoms with E-state index in [-0.39, 0.29) is 18.0 Å². The van der Waals surface area contributed by atoms with E-state index >= 15 is 0 Å². The van der Waals surface area contributed by atoms with Gasteiger partial charge in [0.15, 0.2) is 0 Å². The van der Waals surface area contributed by atoms with E-state index in [1.807, 2.05) is 36.4 Å². The van der Waals surface area contributed by atoms with E-state index in [9.17, 15) is 5.11 Å². The topological polar surface area (TPSA) is 32.7 Å². The summed E-state index contributed by atoms with van der Waals surface area (Å²) in [7, 11) is 0. The molecule has 2 aliphatic rings. The van der Waals surface area contributed by atoms with Gasteiger partial charge < -0.3 is 14.7 Å². The van der Waals surface area contributed by atoms with Crippen LogP contribution >= 0.6 is 12.4 Å². The lowest BCUT2D eigenvalue weighted by molar-refractivity contribution is 0.0482. The van der Waals surface area contributed by atoms with Crippen LogP contribution in [0.2, 0.25) is 0 Å². The largest absolute Gasteiger partial charge is 0.487 e. The number of benzene rings is 2. The maximum atomic E-state index is 12.0. The highest BCUT2D eigenvalue weighted by atomic mass is 35.5. The van der Waals surface area contributed by atoms with Crippen molar-refractivity contribution in [2.75, 3.05) is 19.6 Å². The lowest BCUT2D eigenvalue weighted by atomic mass is 9.82. The van der Waals surface area contributed by atoms with Gasteiger partial charge in [0.25, 0.3) is 0 Å². The second-order valence-corrected chi connectivity index (χ2v) is 8.71. The molecule has 0 saturated carbocycles. The smallest absolute Gasteiger partial charge is 0.129 e. The van der Waals surface area contributed by atoms with Crippen LogP contribution in [0.3, 0.4) is 0 Å². The lowest BCUT2D eigenvalue weighted by Gasteiger charge is -2.34. The van der Waals surface area contributed by atoms with Gasteiger partial charge in [-0.05, 0) is 57.3 Å². The Morgan fingerprint density at radius 1 is 1.00 bits per heavy atom. The molecule has 0 amide bonds. The number of fused-ring (bicyclic) bond motifs is 1. The second kappa shape index (κ2) is 8.44. The minimum atomic E-state index is -1.04. The molecule has 0 aliphatic carbocycles. The van der Waals surface area contributed by atoms with Crippen molar-refractivity contribution >= 4 is 12.4 Å². The summed E-state index contributed by atoms with van der Waals surface area (Å²) in [4.78, 5) is 2.49. The first-order chi connectivity index (χ1) is 13.0. The maximum Gasteiger partial charge on any atom is 0.129 e. The number of likely N-dealkylation sites (tertiary alicyclic amines) is 1. The van der Waals surface area contributed by atoms with Crippen LogP contribution in [0.4, 0.5) is 0 Å². The normalized spacial score (nSPS) is 20.5. The number of ether oxygens (including phenoxy) is 1. The van der Waals surface area contributed by atoms with E-state index in [1.54, 1.807) is 0 Å². The highest BCUT2D eigenvalue weighted by Gasteiger charge is 2.40. The highest BCUT2D eigenvalue weighted by Crippen LogP contribution is 2.45. The molecule has 4 heteroatoms. The first-order valence-electron chi connectivity index (χ1n) is 10.3. The Morgan fingerprint density at radius 2 is 1.71 bits per heavy atom. The highest BCUT2D eigenvalue weighted by molar-refractivity contribution is 5.85. The second-order valence-electron chi connectivity index (χ2n) is 8.71. The third-order valence-corrected chi connectivity index (χ3v) is 6.03. The van der Waals surface area contributed by atoms with E-state index in [1.165, 1.54) is 24.8 Å². The number of halogens is 1. The summed E-state index contributed by atoms with van der Waals surface area (Å²) >= 11 is 0. The fourth-order valence-electron chi connectivity index (χ4n) is 4.59. The predicted molar refractivity (Wildman–Crippen MR) is 116 cm³/mol. The summed E-state index contributed by atoms with van der Waals surface area (Å²) < 4.78 is 6.31. The van der Waals surface area contributed by atoms with Crippen molar-refractivity contribution < 1.29 is 9.84 Å². The Balaban J connectivity index is 0.00000225. The first kappa shape index (κ1) is 21.2. The zero-order chi connectivity index (χ0) is 18.9. The van der Waals surface area contributed by atoms with Crippen LogP contribution in [0, 0.1) is 0 Å². The van der Waals surface area contributed by atoms with Crippen LogP contribution in [0.15, 0.2) is 48.5 Å². The van der Waals surface area contributed by atoms with Gasteiger partial charge in [-0.3, -0.25) is 0 Å². The molecule has 2 aromatic carbocycles. The van der Waals surface area contributed by atoms with Crippen molar-refractivity contribution in [3.63, 3.8) is 0 Å². The molecule has 0 bridgehead atoms. The third-order valence-electron chi connectivity index (χ3n) is 6.03. The van der Waals surface area contributed by atoms with Crippen LogP contribution in [0.25, 0.3) is 0 Å². The van der Waals surface area contributed by atoms with Gasteiger partial charge in [0.05, 0.1) is 0 Å². The fourth-order valence-corrected chi connectivity index (χ4v) is 4.59. The van der Waals surface area contributed by atoms with Gasteiger partial charge in [-0.15, -0.1) is 12.4 Å². The van der Waals surface area contributed by atoms with Crippen LogP contribution in [-0.4, -0.2) is 35.2 Å². The Morgan fingerprint density at radius 3 is 2.43 bits per heavy atom. The van der Waals surface area contributed by atoms with Crippen molar-refractivity contribution in [3.8, 4) is 5.75 Å². The van der Waals surface area contributed by atoms with Gasteiger partial charge in [0, 0.05) is 18.5 Å². The SMILES string of the molecule is CC1(C)Cc2cccc(C(O)(CCN3CCCCC3)c3ccccc3)c2O1.Cl. The average molecular weight is 402 g/mol. The number of para-hydroxylation sites is 1. The summed E-state index contributed by atoms with van der Waals surface area (Å²) in [6.07, 6.45) is 5.42. The van der Waals surface area contributed by atoms with E-state index in [2.05, 4.69) is 30.9 Å². The van der Waals surface area contributed by atoms with Crippen LogP contribution in [-0.2, 0) is 12.0 Å². The molecule has 0 spiro atoms. The van der Waals surface area contributed by atoms with Gasteiger partial charge in [-0.1, -0.05) is 55.0 Å². The molecule has 1 atom stereocenters. The first-order valence-corrected chi connectivity index (χ1v) is 10.3. The number of piperidine rings is 1. The molecule has 1 saturated heterocycles. The molecule has 0 radical (unpaired) electrons. The summed E-state index contributed by atoms with van der Waals surface area (Å²) in [5, 5.41) is 12.0. The van der Waals surface area contributed by atoms with E-state index in [4.69, 9.17) is 4.74 Å². The summed E-state index contributed by atoms with van der Waals surface area (Å²) in [5.74, 6) is 0.882. The minimum Gasteiger partial charge on any atom is -0.487 e. The molecule has 152 valence electrons. The standard InChI is InChI=1S/C24H31NO2.ClH/c1-23(2)18-19-10-9-13-21(22(19)27-23)24(26,20-11-5-3-6-12-20)14-17-25-15-7-4-8-16-25;/h3,5-6,9-13,26H,4,7-8,14-18H2,1-2H3;1H. The summed E-state index contributed by atoms with van der Waals surface area (Å²) in [6, 6.07) is 16.3. The molecule has 1 unspecified atom stereocenters. The van der Waals surface area contributed by atoms with E-state index < -0.39 is 5.60 Å². The molecule has 1 N–H and O–H groups in total. The molecule has 3 nitrogen and oxygen atoms in total. The van der Waals surface area contributed by atoms with Crippen LogP contribution < -0.4 is 4.74 Å². The number of nitrogens with zero attached hydrogens (tertiary/aromatic N) is 1. The van der Waals surface area contributed by atoms with Crippen LogP contribution in [0.1, 0.15) is 56.2 Å². The summed E-state index contributed by atoms with van der Waals surface area (Å²) in [5.41, 5.74) is 1.80. The number of rotatable bonds is 5. The van der Waals surface area contributed by atoms with E-state index in [0.717, 1.165) is 42.9 Å². The van der Waals surface area contributed by atoms with Crippen molar-refractivity contribution in [1.29, 1.82) is 0 Å². The number of hydrogen-bond donors (Lipinski definition) is 1. The van der Waals surface area contributed by atoms with Crippen molar-refractivity contribution in [2.24, 2.45) is 0 Å². The Hall–Kier alpha value is -1.55. The zero-order valence-electron chi connectivity index (χ0n) is 17.0. The molecule has 4 rings (SSSR count). The number of hydrogen-bond acceptors (Lipinski definition) is 3. The molecular weight excluding hydrogens is 370 g/mol. The lowest BCUT2D eigenvalue weighted by Crippen LogP contribution is -2.37. The van der Waals surface area contributed by atoms with Crippen LogP contribution in [0.5, 0.6) is 5.75 Å². The Kier molecular flexibility index (Phi) is 6.38. The Labute approximate surface area is 175 Å². The van der Waals surface area contributed by atoms with Crippen molar-refractivity contribution in [3.05, 3.63) is 65.2 Å². The average Bonchev–Trinajstić information content (AvgIpc) is 3.01. The minimum absolute atomic E-state index is 0. The molecular formula is C24H32ClNO2. The maximum absolute atomic E-state index is 12.0. The quantitative estimate of drug-likeness (QED) is 0.770. The fraction of sp³-hybridized carbons (Fsp3) is 0.500. The van der Waals surface area contributed by atoms with Crippen molar-refractivity contribution in [1.82, 2.24) is 4.90 Å². The molecule has 2 heterocycles. The van der Waals surface area contributed by atoms with Gasteiger partial charge in [-0.2, -0.15) is 0 Å². The van der Waals surface area contributed by atoms with Crippen molar-refractivity contribution in [2.45, 2.75) is 57.2 Å².